The standard InChI is InChI=1S/C22H21N5O2/c1-14(2)7-10-20-25-21(26-29-20)16-9-8-15(3)17(12-16)24-22(28)18-13-23-19-6-4-5-11-27(18)19/h4-9,11-13H,10H2,1-3H3,(H,24,28)/i4D,5D,6D,11D. The fourth-order valence-corrected chi connectivity index (χ4v) is 2.71. The topological polar surface area (TPSA) is 85.3 Å². The van der Waals surface area contributed by atoms with Crippen molar-refractivity contribution in [2.75, 3.05) is 5.32 Å². The van der Waals surface area contributed by atoms with E-state index in [9.17, 15) is 4.79 Å². The van der Waals surface area contributed by atoms with Crippen molar-refractivity contribution in [1.82, 2.24) is 19.5 Å². The SMILES string of the molecule is [2H]c1c([2H])c([2H])n2c(C(=O)Nc3cc(-c4noc(CC=C(C)C)n4)ccc3C)cnc2c1[2H]. The first-order valence-electron chi connectivity index (χ1n) is 11.0. The summed E-state index contributed by atoms with van der Waals surface area (Å²) in [7, 11) is 0. The first kappa shape index (κ1) is 14.3. The van der Waals surface area contributed by atoms with Gasteiger partial charge in [-0.05, 0) is 44.5 Å². The predicted molar refractivity (Wildman–Crippen MR) is 111 cm³/mol. The smallest absolute Gasteiger partial charge is 0.274 e. The lowest BCUT2D eigenvalue weighted by atomic mass is 10.1. The van der Waals surface area contributed by atoms with Crippen LogP contribution in [-0.4, -0.2) is 25.4 Å². The molecule has 0 unspecified atom stereocenters. The van der Waals surface area contributed by atoms with E-state index in [-0.39, 0.29) is 23.6 Å². The minimum atomic E-state index is -0.565. The number of nitrogens with zero attached hydrogens (tertiary/aromatic N) is 4. The Morgan fingerprint density at radius 3 is 3.03 bits per heavy atom. The summed E-state index contributed by atoms with van der Waals surface area (Å²) in [6.07, 6.45) is 3.37. The lowest BCUT2D eigenvalue weighted by molar-refractivity contribution is 0.102. The van der Waals surface area contributed by atoms with E-state index < -0.39 is 18.0 Å². The van der Waals surface area contributed by atoms with Crippen LogP contribution in [0.25, 0.3) is 17.0 Å². The summed E-state index contributed by atoms with van der Waals surface area (Å²) in [6.45, 7) is 5.80. The van der Waals surface area contributed by atoms with Gasteiger partial charge in [0, 0.05) is 23.8 Å². The zero-order valence-electron chi connectivity index (χ0n) is 20.2. The Morgan fingerprint density at radius 1 is 1.34 bits per heavy atom. The molecule has 0 atom stereocenters. The molecule has 0 saturated carbocycles. The molecular formula is C22H21N5O2. The average molecular weight is 391 g/mol. The van der Waals surface area contributed by atoms with Crippen LogP contribution in [0.4, 0.5) is 5.69 Å². The number of pyridine rings is 1. The first-order chi connectivity index (χ1) is 15.7. The summed E-state index contributed by atoms with van der Waals surface area (Å²) in [5.41, 5.74) is 3.06. The maximum atomic E-state index is 13.0. The van der Waals surface area contributed by atoms with E-state index in [1.165, 1.54) is 6.20 Å². The Labute approximate surface area is 173 Å². The number of carbonyl (C=O) groups is 1. The molecule has 0 saturated heterocycles. The third-order valence-electron chi connectivity index (χ3n) is 4.30. The van der Waals surface area contributed by atoms with Crippen LogP contribution in [0.2, 0.25) is 0 Å². The zero-order chi connectivity index (χ0) is 23.9. The van der Waals surface area contributed by atoms with E-state index in [4.69, 9.17) is 10.0 Å². The molecule has 0 aliphatic heterocycles. The van der Waals surface area contributed by atoms with Crippen molar-refractivity contribution in [2.45, 2.75) is 27.2 Å². The third-order valence-corrected chi connectivity index (χ3v) is 4.30. The number of benzene rings is 1. The third kappa shape index (κ3) is 3.94. The normalized spacial score (nSPS) is 12.8. The highest BCUT2D eigenvalue weighted by atomic mass is 16.5. The van der Waals surface area contributed by atoms with Gasteiger partial charge in [0.2, 0.25) is 11.7 Å². The molecule has 4 aromatic rings. The number of rotatable bonds is 5. The molecule has 0 aliphatic rings. The molecule has 3 heterocycles. The first-order valence-corrected chi connectivity index (χ1v) is 8.99. The van der Waals surface area contributed by atoms with Crippen LogP contribution in [-0.2, 0) is 6.42 Å². The molecule has 1 amide bonds. The van der Waals surface area contributed by atoms with Crippen molar-refractivity contribution < 1.29 is 14.8 Å². The molecule has 0 aliphatic carbocycles. The molecule has 7 nitrogen and oxygen atoms in total. The zero-order valence-corrected chi connectivity index (χ0v) is 16.2. The average Bonchev–Trinajstić information content (AvgIpc) is 3.44. The second kappa shape index (κ2) is 7.71. The molecule has 29 heavy (non-hydrogen) atoms. The lowest BCUT2D eigenvalue weighted by Crippen LogP contribution is -2.15. The van der Waals surface area contributed by atoms with Gasteiger partial charge in [-0.1, -0.05) is 35.0 Å². The Balaban J connectivity index is 1.65. The number of carbonyl (C=O) groups excluding carboxylic acids is 1. The van der Waals surface area contributed by atoms with Gasteiger partial charge in [-0.3, -0.25) is 9.20 Å². The molecule has 146 valence electrons. The van der Waals surface area contributed by atoms with Crippen LogP contribution in [0.1, 0.15) is 41.3 Å². The van der Waals surface area contributed by atoms with Crippen LogP contribution in [0.3, 0.4) is 0 Å². The van der Waals surface area contributed by atoms with Crippen molar-refractivity contribution >= 4 is 17.2 Å². The van der Waals surface area contributed by atoms with Gasteiger partial charge >= 0.3 is 0 Å². The molecule has 1 N–H and O–H groups in total. The number of amides is 1. The number of allylic oxidation sites excluding steroid dienone is 2. The van der Waals surface area contributed by atoms with Crippen molar-refractivity contribution in [1.29, 1.82) is 0 Å². The maximum absolute atomic E-state index is 13.0. The molecule has 1 aromatic carbocycles. The number of nitrogens with one attached hydrogen (secondary N) is 1. The van der Waals surface area contributed by atoms with Crippen molar-refractivity contribution in [3.8, 4) is 11.4 Å². The van der Waals surface area contributed by atoms with Crippen LogP contribution < -0.4 is 5.32 Å². The van der Waals surface area contributed by atoms with E-state index in [1.807, 2.05) is 39.0 Å². The number of hydrogen-bond acceptors (Lipinski definition) is 5. The second-order valence-electron chi connectivity index (χ2n) is 6.77. The maximum Gasteiger partial charge on any atom is 0.274 e. The van der Waals surface area contributed by atoms with Crippen molar-refractivity contribution in [3.05, 3.63) is 77.5 Å². The van der Waals surface area contributed by atoms with E-state index >= 15 is 0 Å². The van der Waals surface area contributed by atoms with Gasteiger partial charge in [-0.2, -0.15) is 4.98 Å². The van der Waals surface area contributed by atoms with Crippen molar-refractivity contribution in [2.24, 2.45) is 0 Å². The highest BCUT2D eigenvalue weighted by molar-refractivity contribution is 6.04. The van der Waals surface area contributed by atoms with Gasteiger partial charge in [-0.25, -0.2) is 4.98 Å². The number of fused-ring (bicyclic) bond motifs is 1. The Bertz CT molecular complexity index is 1420. The summed E-state index contributed by atoms with van der Waals surface area (Å²) in [4.78, 5) is 21.4. The number of aromatic nitrogens is 4. The van der Waals surface area contributed by atoms with E-state index in [1.54, 1.807) is 6.07 Å². The highest BCUT2D eigenvalue weighted by Gasteiger charge is 2.15. The number of hydrogen-bond donors (Lipinski definition) is 1. The number of imidazole rings is 1. The predicted octanol–water partition coefficient (Wildman–Crippen LogP) is 4.45. The lowest BCUT2D eigenvalue weighted by Gasteiger charge is -2.09. The molecule has 0 fully saturated rings. The summed E-state index contributed by atoms with van der Waals surface area (Å²) >= 11 is 0. The van der Waals surface area contributed by atoms with Crippen LogP contribution in [0, 0.1) is 6.92 Å². The Hall–Kier alpha value is -3.74. The summed E-state index contributed by atoms with van der Waals surface area (Å²) in [6, 6.07) is 4.20. The summed E-state index contributed by atoms with van der Waals surface area (Å²) in [5.74, 6) is 0.314. The van der Waals surface area contributed by atoms with E-state index in [2.05, 4.69) is 20.4 Å². The fraction of sp³-hybridized carbons (Fsp3) is 0.182. The van der Waals surface area contributed by atoms with E-state index in [0.29, 0.717) is 29.4 Å². The Kier molecular flexibility index (Phi) is 3.80. The quantitative estimate of drug-likeness (QED) is 0.508. The van der Waals surface area contributed by atoms with Gasteiger partial charge in [0.1, 0.15) is 11.3 Å². The van der Waals surface area contributed by atoms with Crippen LogP contribution in [0.5, 0.6) is 0 Å². The molecule has 4 rings (SSSR count). The van der Waals surface area contributed by atoms with Gasteiger partial charge in [0.05, 0.1) is 11.7 Å². The molecular weight excluding hydrogens is 366 g/mol. The number of anilines is 1. The van der Waals surface area contributed by atoms with Crippen LogP contribution >= 0.6 is 0 Å². The minimum Gasteiger partial charge on any atom is -0.339 e. The molecule has 0 spiro atoms. The van der Waals surface area contributed by atoms with Gasteiger partial charge in [-0.15, -0.1) is 0 Å². The van der Waals surface area contributed by atoms with E-state index in [0.717, 1.165) is 15.5 Å². The highest BCUT2D eigenvalue weighted by Crippen LogP contribution is 2.24. The fourth-order valence-electron chi connectivity index (χ4n) is 2.71. The second-order valence-corrected chi connectivity index (χ2v) is 6.77. The summed E-state index contributed by atoms with van der Waals surface area (Å²) < 4.78 is 38.2. The largest absolute Gasteiger partial charge is 0.339 e. The molecule has 7 heteroatoms. The van der Waals surface area contributed by atoms with Crippen molar-refractivity contribution in [3.63, 3.8) is 0 Å². The van der Waals surface area contributed by atoms with Gasteiger partial charge in [0.25, 0.3) is 5.91 Å². The molecule has 0 radical (unpaired) electrons. The summed E-state index contributed by atoms with van der Waals surface area (Å²) in [5, 5.41) is 6.81. The molecule has 3 aromatic heterocycles. The molecule has 0 bridgehead atoms. The van der Waals surface area contributed by atoms with Crippen LogP contribution in [0.15, 0.2) is 64.9 Å². The minimum absolute atomic E-state index is 0.00891. The Morgan fingerprint density at radius 2 is 2.21 bits per heavy atom. The monoisotopic (exact) mass is 391 g/mol. The van der Waals surface area contributed by atoms with Gasteiger partial charge < -0.3 is 9.84 Å². The van der Waals surface area contributed by atoms with Gasteiger partial charge in [0.15, 0.2) is 0 Å². The number of aryl methyl sites for hydroxylation is 1.